The lowest BCUT2D eigenvalue weighted by molar-refractivity contribution is -0.132. The molecule has 3 aromatic carbocycles. The topological polar surface area (TPSA) is 96.3 Å². The van der Waals surface area contributed by atoms with Crippen LogP contribution in [0.3, 0.4) is 0 Å². The molecular weight excluding hydrogens is 470 g/mol. The van der Waals surface area contributed by atoms with Gasteiger partial charge in [0.1, 0.15) is 17.6 Å². The SMILES string of the molecule is COc1ccc(C2/C(=C(/O)c3ccc4c(c3)CC(C)O4)C(=O)C(=O)N2c2cccc(Cl)c2)cc1O. The number of phenols is 1. The molecule has 2 aliphatic rings. The second-order valence-electron chi connectivity index (χ2n) is 8.54. The molecule has 1 saturated heterocycles. The van der Waals surface area contributed by atoms with Crippen molar-refractivity contribution in [2.45, 2.75) is 25.5 Å². The summed E-state index contributed by atoms with van der Waals surface area (Å²) in [5.41, 5.74) is 2.02. The Morgan fingerprint density at radius 1 is 1.11 bits per heavy atom. The van der Waals surface area contributed by atoms with E-state index in [4.69, 9.17) is 21.1 Å². The highest BCUT2D eigenvalue weighted by Gasteiger charge is 2.47. The molecule has 0 radical (unpaired) electrons. The Morgan fingerprint density at radius 3 is 2.63 bits per heavy atom. The molecule has 1 amide bonds. The summed E-state index contributed by atoms with van der Waals surface area (Å²) in [6.07, 6.45) is 0.682. The molecule has 0 saturated carbocycles. The zero-order chi connectivity index (χ0) is 24.9. The number of ether oxygens (including phenoxy) is 2. The van der Waals surface area contributed by atoms with Crippen molar-refractivity contribution in [2.75, 3.05) is 12.0 Å². The van der Waals surface area contributed by atoms with Crippen molar-refractivity contribution in [1.29, 1.82) is 0 Å². The van der Waals surface area contributed by atoms with E-state index in [2.05, 4.69) is 0 Å². The van der Waals surface area contributed by atoms with Gasteiger partial charge in [0, 0.05) is 22.7 Å². The van der Waals surface area contributed by atoms with Crippen LogP contribution < -0.4 is 14.4 Å². The third kappa shape index (κ3) is 3.88. The number of rotatable bonds is 4. The minimum atomic E-state index is -1.01. The highest BCUT2D eigenvalue weighted by molar-refractivity contribution is 6.51. The molecule has 7 nitrogen and oxygen atoms in total. The van der Waals surface area contributed by atoms with Crippen LogP contribution in [0.25, 0.3) is 5.76 Å². The quantitative estimate of drug-likeness (QED) is 0.303. The van der Waals surface area contributed by atoms with Crippen LogP contribution in [-0.2, 0) is 16.0 Å². The minimum absolute atomic E-state index is 0.0121. The fourth-order valence-electron chi connectivity index (χ4n) is 4.64. The summed E-state index contributed by atoms with van der Waals surface area (Å²) < 4.78 is 10.9. The van der Waals surface area contributed by atoms with Crippen molar-refractivity contribution in [2.24, 2.45) is 0 Å². The van der Waals surface area contributed by atoms with Gasteiger partial charge in [-0.3, -0.25) is 14.5 Å². The van der Waals surface area contributed by atoms with E-state index in [0.717, 1.165) is 11.3 Å². The first-order valence-corrected chi connectivity index (χ1v) is 11.4. The molecule has 35 heavy (non-hydrogen) atoms. The van der Waals surface area contributed by atoms with Gasteiger partial charge in [-0.2, -0.15) is 0 Å². The fraction of sp³-hybridized carbons (Fsp3) is 0.185. The molecule has 2 heterocycles. The molecule has 2 unspecified atom stereocenters. The molecule has 3 aromatic rings. The number of nitrogens with zero attached hydrogens (tertiary/aromatic N) is 1. The van der Waals surface area contributed by atoms with Crippen LogP contribution in [-0.4, -0.2) is 35.1 Å². The van der Waals surface area contributed by atoms with Gasteiger partial charge >= 0.3 is 0 Å². The highest BCUT2D eigenvalue weighted by Crippen LogP contribution is 2.44. The van der Waals surface area contributed by atoms with Crippen LogP contribution in [0.4, 0.5) is 5.69 Å². The Morgan fingerprint density at radius 2 is 1.91 bits per heavy atom. The average Bonchev–Trinajstić information content (AvgIpc) is 3.34. The third-order valence-corrected chi connectivity index (χ3v) is 6.45. The second kappa shape index (κ2) is 8.67. The molecule has 178 valence electrons. The number of aliphatic hydroxyl groups excluding tert-OH is 1. The van der Waals surface area contributed by atoms with Gasteiger partial charge < -0.3 is 19.7 Å². The van der Waals surface area contributed by atoms with Crippen molar-refractivity contribution < 1.29 is 29.3 Å². The molecule has 0 bridgehead atoms. The zero-order valence-electron chi connectivity index (χ0n) is 19.0. The molecule has 2 N–H and O–H groups in total. The number of aliphatic hydroxyl groups is 1. The maximum absolute atomic E-state index is 13.3. The molecule has 2 atom stereocenters. The number of fused-ring (bicyclic) bond motifs is 1. The van der Waals surface area contributed by atoms with E-state index in [-0.39, 0.29) is 28.9 Å². The number of Topliss-reactive ketones (excluding diaryl/α,β-unsaturated/α-hetero) is 1. The van der Waals surface area contributed by atoms with Gasteiger partial charge in [-0.25, -0.2) is 0 Å². The summed E-state index contributed by atoms with van der Waals surface area (Å²) in [6.45, 7) is 1.95. The number of methoxy groups -OCH3 is 1. The Kier molecular flexibility index (Phi) is 5.65. The van der Waals surface area contributed by atoms with Crippen LogP contribution in [0.5, 0.6) is 17.2 Å². The number of benzene rings is 3. The van der Waals surface area contributed by atoms with Crippen molar-refractivity contribution in [3.63, 3.8) is 0 Å². The van der Waals surface area contributed by atoms with Crippen molar-refractivity contribution in [1.82, 2.24) is 0 Å². The first kappa shape index (κ1) is 22.8. The molecule has 0 aromatic heterocycles. The predicted octanol–water partition coefficient (Wildman–Crippen LogP) is 5.00. The van der Waals surface area contributed by atoms with Crippen molar-refractivity contribution in [3.05, 3.63) is 87.9 Å². The summed E-state index contributed by atoms with van der Waals surface area (Å²) in [7, 11) is 1.42. The van der Waals surface area contributed by atoms with Crippen LogP contribution in [0, 0.1) is 0 Å². The number of aromatic hydroxyl groups is 1. The van der Waals surface area contributed by atoms with E-state index >= 15 is 0 Å². The van der Waals surface area contributed by atoms with E-state index in [1.54, 1.807) is 48.5 Å². The summed E-state index contributed by atoms with van der Waals surface area (Å²) in [5, 5.41) is 22.2. The summed E-state index contributed by atoms with van der Waals surface area (Å²) in [6, 6.07) is 15.3. The molecule has 8 heteroatoms. The number of anilines is 1. The maximum Gasteiger partial charge on any atom is 0.300 e. The van der Waals surface area contributed by atoms with E-state index in [1.807, 2.05) is 6.92 Å². The molecule has 0 spiro atoms. The van der Waals surface area contributed by atoms with Crippen LogP contribution in [0.2, 0.25) is 5.02 Å². The third-order valence-electron chi connectivity index (χ3n) is 6.22. The monoisotopic (exact) mass is 491 g/mol. The summed E-state index contributed by atoms with van der Waals surface area (Å²) in [4.78, 5) is 27.9. The number of halogens is 1. The lowest BCUT2D eigenvalue weighted by Gasteiger charge is -2.26. The first-order chi connectivity index (χ1) is 16.8. The second-order valence-corrected chi connectivity index (χ2v) is 8.97. The largest absolute Gasteiger partial charge is 0.507 e. The van der Waals surface area contributed by atoms with Gasteiger partial charge in [-0.05, 0) is 66.6 Å². The molecule has 2 aliphatic heterocycles. The van der Waals surface area contributed by atoms with Crippen LogP contribution in [0.15, 0.2) is 66.2 Å². The van der Waals surface area contributed by atoms with Gasteiger partial charge in [0.25, 0.3) is 11.7 Å². The fourth-order valence-corrected chi connectivity index (χ4v) is 4.83. The normalized spacial score (nSPS) is 20.6. The van der Waals surface area contributed by atoms with Crippen molar-refractivity contribution in [3.8, 4) is 17.2 Å². The number of amides is 1. The van der Waals surface area contributed by atoms with Gasteiger partial charge in [0.2, 0.25) is 0 Å². The zero-order valence-corrected chi connectivity index (χ0v) is 19.7. The Balaban J connectivity index is 1.71. The number of hydrogen-bond acceptors (Lipinski definition) is 6. The Labute approximate surface area is 206 Å². The van der Waals surface area contributed by atoms with Crippen molar-refractivity contribution >= 4 is 34.7 Å². The number of ketones is 1. The number of carbonyl (C=O) groups is 2. The van der Waals surface area contributed by atoms with Crippen LogP contribution in [0.1, 0.15) is 29.7 Å². The van der Waals surface area contributed by atoms with E-state index in [9.17, 15) is 19.8 Å². The maximum atomic E-state index is 13.3. The molecule has 1 fully saturated rings. The lowest BCUT2D eigenvalue weighted by Crippen LogP contribution is -2.29. The average molecular weight is 492 g/mol. The van der Waals surface area contributed by atoms with E-state index in [0.29, 0.717) is 28.3 Å². The Bertz CT molecular complexity index is 1400. The Hall–Kier alpha value is -3.97. The highest BCUT2D eigenvalue weighted by atomic mass is 35.5. The lowest BCUT2D eigenvalue weighted by atomic mass is 9.94. The first-order valence-electron chi connectivity index (χ1n) is 11.0. The van der Waals surface area contributed by atoms with Gasteiger partial charge in [0.15, 0.2) is 11.5 Å². The minimum Gasteiger partial charge on any atom is -0.507 e. The van der Waals surface area contributed by atoms with Gasteiger partial charge in [-0.1, -0.05) is 23.7 Å². The number of hydrogen-bond donors (Lipinski definition) is 2. The van der Waals surface area contributed by atoms with Gasteiger partial charge in [0.05, 0.1) is 18.7 Å². The van der Waals surface area contributed by atoms with E-state index in [1.165, 1.54) is 24.1 Å². The molecule has 0 aliphatic carbocycles. The standard InChI is InChI=1S/C27H22ClNO6/c1-14-10-17-11-16(7-8-21(17)35-14)25(31)23-24(15-6-9-22(34-2)20(30)12-15)29(27(33)26(23)32)19-5-3-4-18(28)13-19/h3-9,11-14,24,30-31H,10H2,1-2H3/b25-23-. The molecular formula is C27H22ClNO6. The summed E-state index contributed by atoms with van der Waals surface area (Å²) >= 11 is 6.17. The number of carbonyl (C=O) groups excluding carboxylic acids is 2. The molecule has 5 rings (SSSR count). The number of phenolic OH excluding ortho intramolecular Hbond substituents is 1. The van der Waals surface area contributed by atoms with Crippen LogP contribution >= 0.6 is 11.6 Å². The van der Waals surface area contributed by atoms with E-state index < -0.39 is 17.7 Å². The predicted molar refractivity (Wildman–Crippen MR) is 131 cm³/mol. The smallest absolute Gasteiger partial charge is 0.300 e. The summed E-state index contributed by atoms with van der Waals surface area (Å²) in [5.74, 6) is -1.16. The van der Waals surface area contributed by atoms with Gasteiger partial charge in [-0.15, -0.1) is 0 Å².